The van der Waals surface area contributed by atoms with Crippen molar-refractivity contribution in [3.8, 4) is 0 Å². The Morgan fingerprint density at radius 3 is 0.873 bits per heavy atom. The molecule has 6 nitrogen and oxygen atoms in total. The molecule has 0 spiro atoms. The number of carbonyl (C=O) groups is 2. The number of hydrogen-bond acceptors (Lipinski definition) is 6. The first-order valence-electron chi connectivity index (χ1n) is 32.3. The highest BCUT2D eigenvalue weighted by molar-refractivity contribution is 5.80. The Hall–Kier alpha value is -1.40. The molecule has 420 valence electrons. The third-order valence-corrected chi connectivity index (χ3v) is 16.0. The average molecular weight is 1000 g/mol. The summed E-state index contributed by atoms with van der Waals surface area (Å²) >= 11 is 0. The van der Waals surface area contributed by atoms with E-state index < -0.39 is 36.5 Å². The smallest absolute Gasteiger partial charge is 0.309 e. The molecule has 1 saturated heterocycles. The van der Waals surface area contributed by atoms with Crippen molar-refractivity contribution in [3.63, 3.8) is 0 Å². The van der Waals surface area contributed by atoms with Crippen LogP contribution in [0.5, 0.6) is 0 Å². The van der Waals surface area contributed by atoms with Gasteiger partial charge in [-0.05, 0) is 32.1 Å². The number of allylic oxidation sites excluding steroid dienone is 2. The molecular weight excluding hydrogens is 877 g/mol. The molecule has 1 heterocycles. The number of cyclic esters (lactones) is 2. The van der Waals surface area contributed by atoms with Gasteiger partial charge in [0, 0.05) is 0 Å². The van der Waals surface area contributed by atoms with Gasteiger partial charge >= 0.3 is 11.9 Å². The largest absolute Gasteiger partial charge is 0.465 e. The van der Waals surface area contributed by atoms with Crippen LogP contribution in [0.3, 0.4) is 0 Å². The zero-order chi connectivity index (χ0) is 51.1. The van der Waals surface area contributed by atoms with E-state index in [0.29, 0.717) is 6.42 Å². The second kappa shape index (κ2) is 54.8. The molecule has 0 aliphatic carbocycles. The third kappa shape index (κ3) is 46.8. The summed E-state index contributed by atoms with van der Waals surface area (Å²) in [6.45, 7) is 1.21. The fourth-order valence-corrected chi connectivity index (χ4v) is 10.8. The summed E-state index contributed by atoms with van der Waals surface area (Å²) in [4.78, 5) is 24.7. The van der Waals surface area contributed by atoms with Gasteiger partial charge in [0.25, 0.3) is 0 Å². The van der Waals surface area contributed by atoms with Gasteiger partial charge in [-0.1, -0.05) is 327 Å². The van der Waals surface area contributed by atoms with Gasteiger partial charge in [0.15, 0.2) is 0 Å². The van der Waals surface area contributed by atoms with Crippen molar-refractivity contribution in [1.82, 2.24) is 0 Å². The summed E-state index contributed by atoms with van der Waals surface area (Å²) in [6.07, 6.45) is 78.7. The molecule has 0 bridgehead atoms. The van der Waals surface area contributed by atoms with Gasteiger partial charge in [-0.2, -0.15) is 0 Å². The predicted octanol–water partition coefficient (Wildman–Crippen LogP) is 20.3. The third-order valence-electron chi connectivity index (χ3n) is 16.0. The van der Waals surface area contributed by atoms with Crippen LogP contribution >= 0.6 is 0 Å². The minimum absolute atomic E-state index is 0.00474. The number of esters is 2. The molecule has 0 saturated carbocycles. The SMILES string of the molecule is CCCCCCCCCCCCCCCCCCCCCCC/C=C/CCCCCCCCCCCCCCCCCCCCCCCCCCCCCCCC1CC(=O)OCC(CO)(CO)COC1=O. The lowest BCUT2D eigenvalue weighted by Crippen LogP contribution is -2.40. The summed E-state index contributed by atoms with van der Waals surface area (Å²) in [6, 6.07) is 0. The van der Waals surface area contributed by atoms with Crippen molar-refractivity contribution in [2.75, 3.05) is 26.4 Å². The zero-order valence-electron chi connectivity index (χ0n) is 47.8. The molecule has 1 fully saturated rings. The highest BCUT2D eigenvalue weighted by Crippen LogP contribution is 2.25. The number of carbonyl (C=O) groups excluding carboxylic acids is 2. The molecule has 0 aromatic carbocycles. The first-order chi connectivity index (χ1) is 35.1. The number of hydrogen-bond donors (Lipinski definition) is 2. The monoisotopic (exact) mass is 1000 g/mol. The Kier molecular flexibility index (Phi) is 52.2. The van der Waals surface area contributed by atoms with Crippen molar-refractivity contribution in [3.05, 3.63) is 12.2 Å². The molecule has 6 heteroatoms. The van der Waals surface area contributed by atoms with Crippen LogP contribution in [-0.4, -0.2) is 48.6 Å². The van der Waals surface area contributed by atoms with Crippen LogP contribution < -0.4 is 0 Å². The van der Waals surface area contributed by atoms with E-state index in [0.717, 1.165) is 19.3 Å². The molecule has 0 aromatic heterocycles. The number of aliphatic hydroxyl groups excluding tert-OH is 2. The number of ether oxygens (including phenoxy) is 2. The standard InChI is InChI=1S/C65H124O6/c1-2-3-4-5-6-7-8-9-10-11-12-13-14-15-16-17-18-19-20-21-22-23-24-25-26-27-28-29-30-31-32-33-34-35-36-37-38-39-40-41-42-43-44-45-46-47-48-49-50-51-52-53-54-55-56-62-57-63(68)70-60-65(58-66,59-67)61-71-64(62)69/h24-25,62,66-67H,2-23,26-61H2,1H3/b25-24+. The van der Waals surface area contributed by atoms with Gasteiger partial charge in [0.05, 0.1) is 31.0 Å². The van der Waals surface area contributed by atoms with E-state index in [4.69, 9.17) is 9.47 Å². The molecular formula is C65H124O6. The molecule has 0 amide bonds. The second-order valence-electron chi connectivity index (χ2n) is 23.1. The normalized spacial score (nSPS) is 15.3. The van der Waals surface area contributed by atoms with Crippen LogP contribution in [0.15, 0.2) is 12.2 Å². The van der Waals surface area contributed by atoms with Gasteiger partial charge in [-0.15, -0.1) is 0 Å². The van der Waals surface area contributed by atoms with Crippen LogP contribution in [0.25, 0.3) is 0 Å². The topological polar surface area (TPSA) is 93.1 Å². The minimum Gasteiger partial charge on any atom is -0.465 e. The van der Waals surface area contributed by atoms with E-state index in [-0.39, 0.29) is 19.6 Å². The van der Waals surface area contributed by atoms with Crippen molar-refractivity contribution in [2.24, 2.45) is 11.3 Å². The minimum atomic E-state index is -1.12. The van der Waals surface area contributed by atoms with E-state index in [2.05, 4.69) is 19.1 Å². The fourth-order valence-electron chi connectivity index (χ4n) is 10.8. The Balaban J connectivity index is 1.68. The lowest BCUT2D eigenvalue weighted by Gasteiger charge is -2.27. The Morgan fingerprint density at radius 1 is 0.366 bits per heavy atom. The fraction of sp³-hybridized carbons (Fsp3) is 0.938. The molecule has 0 radical (unpaired) electrons. The Bertz CT molecular complexity index is 1120. The number of unbranched alkanes of at least 4 members (excludes halogenated alkanes) is 50. The van der Waals surface area contributed by atoms with E-state index >= 15 is 0 Å². The van der Waals surface area contributed by atoms with Gasteiger partial charge in [0.1, 0.15) is 13.2 Å². The average Bonchev–Trinajstić information content (AvgIpc) is 3.44. The van der Waals surface area contributed by atoms with Crippen LogP contribution in [0, 0.1) is 11.3 Å². The quantitative estimate of drug-likeness (QED) is 0.0358. The second-order valence-corrected chi connectivity index (χ2v) is 23.1. The molecule has 1 unspecified atom stereocenters. The summed E-state index contributed by atoms with van der Waals surface area (Å²) in [7, 11) is 0. The van der Waals surface area contributed by atoms with Gasteiger partial charge in [-0.3, -0.25) is 9.59 Å². The molecule has 2 N–H and O–H groups in total. The Morgan fingerprint density at radius 2 is 0.606 bits per heavy atom. The van der Waals surface area contributed by atoms with Gasteiger partial charge in [-0.25, -0.2) is 0 Å². The van der Waals surface area contributed by atoms with Gasteiger partial charge in [0.2, 0.25) is 0 Å². The van der Waals surface area contributed by atoms with Crippen molar-refractivity contribution in [2.45, 2.75) is 354 Å². The first-order valence-corrected chi connectivity index (χ1v) is 32.3. The molecule has 1 rings (SSSR count). The van der Waals surface area contributed by atoms with E-state index in [9.17, 15) is 19.8 Å². The lowest BCUT2D eigenvalue weighted by atomic mass is 9.92. The van der Waals surface area contributed by atoms with Crippen LogP contribution in [0.1, 0.15) is 354 Å². The summed E-state index contributed by atoms with van der Waals surface area (Å²) in [5.74, 6) is -1.40. The lowest BCUT2D eigenvalue weighted by molar-refractivity contribution is -0.155. The number of rotatable bonds is 56. The molecule has 0 aromatic rings. The molecule has 1 aliphatic heterocycles. The first kappa shape index (κ1) is 67.6. The summed E-state index contributed by atoms with van der Waals surface area (Å²) in [5, 5.41) is 19.2. The van der Waals surface area contributed by atoms with E-state index in [1.807, 2.05) is 0 Å². The van der Waals surface area contributed by atoms with Crippen molar-refractivity contribution in [1.29, 1.82) is 0 Å². The summed E-state index contributed by atoms with van der Waals surface area (Å²) in [5.41, 5.74) is -1.12. The van der Waals surface area contributed by atoms with Gasteiger partial charge < -0.3 is 19.7 Å². The highest BCUT2D eigenvalue weighted by atomic mass is 16.6. The number of aliphatic hydroxyl groups is 2. The van der Waals surface area contributed by atoms with E-state index in [1.54, 1.807) is 0 Å². The van der Waals surface area contributed by atoms with Crippen LogP contribution in [0.2, 0.25) is 0 Å². The van der Waals surface area contributed by atoms with Crippen LogP contribution in [-0.2, 0) is 19.1 Å². The maximum absolute atomic E-state index is 12.5. The summed E-state index contributed by atoms with van der Waals surface area (Å²) < 4.78 is 10.6. The Labute approximate surface area is 443 Å². The molecule has 1 aliphatic rings. The maximum Gasteiger partial charge on any atom is 0.309 e. The van der Waals surface area contributed by atoms with E-state index in [1.165, 1.54) is 315 Å². The van der Waals surface area contributed by atoms with Crippen molar-refractivity contribution < 1.29 is 29.3 Å². The van der Waals surface area contributed by atoms with Crippen LogP contribution in [0.4, 0.5) is 0 Å². The van der Waals surface area contributed by atoms with Crippen molar-refractivity contribution >= 4 is 11.9 Å². The maximum atomic E-state index is 12.5. The zero-order valence-corrected chi connectivity index (χ0v) is 47.8. The highest BCUT2D eigenvalue weighted by Gasteiger charge is 2.36. The molecule has 71 heavy (non-hydrogen) atoms. The predicted molar refractivity (Wildman–Crippen MR) is 306 cm³/mol. The molecule has 1 atom stereocenters.